The largest absolute Gasteiger partial charge is 0.458 e. The molecule has 220 valence electrons. The minimum absolute atomic E-state index is 0.00175. The lowest BCUT2D eigenvalue weighted by Crippen LogP contribution is -2.66. The molecule has 2 heterocycles. The van der Waals surface area contributed by atoms with Gasteiger partial charge >= 0.3 is 5.97 Å². The summed E-state index contributed by atoms with van der Waals surface area (Å²) in [6, 6.07) is 0. The molecule has 0 spiro atoms. The minimum Gasteiger partial charge on any atom is -0.458 e. The van der Waals surface area contributed by atoms with Crippen molar-refractivity contribution in [3.63, 3.8) is 0 Å². The van der Waals surface area contributed by atoms with Crippen molar-refractivity contribution in [3.8, 4) is 0 Å². The summed E-state index contributed by atoms with van der Waals surface area (Å²) >= 11 is 0. The summed E-state index contributed by atoms with van der Waals surface area (Å²) in [4.78, 5) is 11.8. The monoisotopic (exact) mass is 550 g/mol. The van der Waals surface area contributed by atoms with Crippen molar-refractivity contribution < 1.29 is 44.2 Å². The van der Waals surface area contributed by atoms with Gasteiger partial charge in [-0.2, -0.15) is 0 Å². The quantitative estimate of drug-likeness (QED) is 0.307. The smallest absolute Gasteiger partial charge is 0.331 e. The number of aliphatic hydroxyl groups excluding tert-OH is 3. The number of rotatable bonds is 4. The Labute approximate surface area is 230 Å². The summed E-state index contributed by atoms with van der Waals surface area (Å²) in [6.45, 7) is 6.46. The Hall–Kier alpha value is -1.07. The first-order valence-corrected chi connectivity index (χ1v) is 14.9. The molecule has 1 unspecified atom stereocenters. The molecule has 9 heteroatoms. The van der Waals surface area contributed by atoms with Crippen LogP contribution < -0.4 is 0 Å². The number of hydrogen-bond donors (Lipinski definition) is 4. The van der Waals surface area contributed by atoms with Crippen molar-refractivity contribution in [2.45, 2.75) is 121 Å². The van der Waals surface area contributed by atoms with Gasteiger partial charge in [-0.1, -0.05) is 13.8 Å². The van der Waals surface area contributed by atoms with Crippen molar-refractivity contribution in [2.75, 3.05) is 13.7 Å². The fourth-order valence-corrected chi connectivity index (χ4v) is 10.2. The molecule has 0 aromatic carbocycles. The van der Waals surface area contributed by atoms with E-state index < -0.39 is 47.8 Å². The predicted molar refractivity (Wildman–Crippen MR) is 139 cm³/mol. The molecule has 0 aromatic heterocycles. The van der Waals surface area contributed by atoms with Crippen LogP contribution in [-0.4, -0.2) is 88.6 Å². The SMILES string of the molecule is CO[C@H]1[C@@H](O)[C@@H](C)OC(O[C@H]2CC[C@@]3(C)[C@H](CC[C@@H]4[C@@H]3[C@H](O)C[C@]3(C)[C@@H](C5=CC(=O)OC5)CC[C@]43O)C2)[C@@H]1O. The molecule has 1 saturated heterocycles. The summed E-state index contributed by atoms with van der Waals surface area (Å²) < 4.78 is 22.7. The molecule has 4 N–H and O–H groups in total. The van der Waals surface area contributed by atoms with Gasteiger partial charge in [-0.15, -0.1) is 0 Å². The van der Waals surface area contributed by atoms with Crippen LogP contribution in [0, 0.1) is 34.5 Å². The van der Waals surface area contributed by atoms with Gasteiger partial charge in [-0.25, -0.2) is 4.79 Å². The Morgan fingerprint density at radius 3 is 2.51 bits per heavy atom. The maximum Gasteiger partial charge on any atom is 0.331 e. The van der Waals surface area contributed by atoms with E-state index in [-0.39, 0.29) is 35.2 Å². The van der Waals surface area contributed by atoms with Crippen LogP contribution in [0.5, 0.6) is 0 Å². The van der Waals surface area contributed by atoms with Gasteiger partial charge in [0.1, 0.15) is 24.9 Å². The van der Waals surface area contributed by atoms with Gasteiger partial charge in [0, 0.05) is 18.6 Å². The second-order valence-electron chi connectivity index (χ2n) is 13.9. The van der Waals surface area contributed by atoms with Gasteiger partial charge in [0.05, 0.1) is 23.9 Å². The highest BCUT2D eigenvalue weighted by Crippen LogP contribution is 2.70. The maximum atomic E-state index is 12.4. The van der Waals surface area contributed by atoms with Crippen LogP contribution in [-0.2, 0) is 23.7 Å². The number of aliphatic hydroxyl groups is 4. The fraction of sp³-hybridized carbons (Fsp3) is 0.900. The maximum absolute atomic E-state index is 12.4. The molecule has 39 heavy (non-hydrogen) atoms. The second-order valence-corrected chi connectivity index (χ2v) is 13.9. The molecule has 5 fully saturated rings. The molecule has 2 aliphatic heterocycles. The average molecular weight is 551 g/mol. The Bertz CT molecular complexity index is 1000. The lowest BCUT2D eigenvalue weighted by atomic mass is 9.42. The highest BCUT2D eigenvalue weighted by atomic mass is 16.7. The van der Waals surface area contributed by atoms with E-state index in [0.717, 1.165) is 44.1 Å². The van der Waals surface area contributed by atoms with Crippen molar-refractivity contribution in [1.29, 1.82) is 0 Å². The molecular weight excluding hydrogens is 504 g/mol. The topological polar surface area (TPSA) is 135 Å². The number of carbonyl (C=O) groups is 1. The van der Waals surface area contributed by atoms with E-state index in [4.69, 9.17) is 18.9 Å². The van der Waals surface area contributed by atoms with E-state index in [1.165, 1.54) is 7.11 Å². The highest BCUT2D eigenvalue weighted by molar-refractivity contribution is 5.85. The second kappa shape index (κ2) is 9.75. The lowest BCUT2D eigenvalue weighted by molar-refractivity contribution is -0.314. The van der Waals surface area contributed by atoms with E-state index in [2.05, 4.69) is 13.8 Å². The highest BCUT2D eigenvalue weighted by Gasteiger charge is 2.70. The van der Waals surface area contributed by atoms with Crippen LogP contribution in [0.1, 0.15) is 72.1 Å². The number of cyclic esters (lactones) is 1. The zero-order valence-electron chi connectivity index (χ0n) is 23.6. The average Bonchev–Trinajstić information content (AvgIpc) is 3.42. The van der Waals surface area contributed by atoms with Gasteiger partial charge in [0.25, 0.3) is 0 Å². The molecular formula is C30H46O9. The third-order valence-corrected chi connectivity index (χ3v) is 12.3. The van der Waals surface area contributed by atoms with E-state index in [1.807, 2.05) is 0 Å². The Morgan fingerprint density at radius 2 is 1.82 bits per heavy atom. The zero-order chi connectivity index (χ0) is 27.9. The van der Waals surface area contributed by atoms with Crippen LogP contribution in [0.2, 0.25) is 0 Å². The molecule has 14 atom stereocenters. The molecule has 0 bridgehead atoms. The molecule has 0 amide bonds. The lowest BCUT2D eigenvalue weighted by Gasteiger charge is -2.65. The van der Waals surface area contributed by atoms with Gasteiger partial charge in [-0.05, 0) is 93.0 Å². The molecule has 9 nitrogen and oxygen atoms in total. The standard InChI is InChI=1S/C30H46O9/c1-15-24(33)26(36-4)25(34)27(38-15)39-18-7-9-28(2)17(12-18)5-6-20-23(28)21(31)13-29(3)19(8-10-30(20,29)35)16-11-22(32)37-14-16/h11,15,17-21,23-27,31,33-35H,5-10,12-14H2,1-4H3/t15-,17-,18+,19-,20-,21-,23-,24+,25-,26+,27?,28+,29-,30+/m1/s1. The molecule has 6 aliphatic rings. The fourth-order valence-electron chi connectivity index (χ4n) is 10.2. The summed E-state index contributed by atoms with van der Waals surface area (Å²) in [5.74, 6) is 0.0523. The first kappa shape index (κ1) is 28.1. The van der Waals surface area contributed by atoms with E-state index >= 15 is 0 Å². The van der Waals surface area contributed by atoms with Crippen molar-refractivity contribution in [3.05, 3.63) is 11.6 Å². The zero-order valence-corrected chi connectivity index (χ0v) is 23.6. The number of methoxy groups -OCH3 is 1. The molecule has 0 radical (unpaired) electrons. The van der Waals surface area contributed by atoms with Gasteiger partial charge in [-0.3, -0.25) is 0 Å². The third-order valence-electron chi connectivity index (χ3n) is 12.3. The Morgan fingerprint density at radius 1 is 1.05 bits per heavy atom. The summed E-state index contributed by atoms with van der Waals surface area (Å²) in [7, 11) is 1.47. The molecule has 0 aromatic rings. The summed E-state index contributed by atoms with van der Waals surface area (Å²) in [5, 5.41) is 45.2. The first-order chi connectivity index (χ1) is 18.4. The summed E-state index contributed by atoms with van der Waals surface area (Å²) in [5.41, 5.74) is -0.550. The van der Waals surface area contributed by atoms with Gasteiger partial charge in [0.15, 0.2) is 6.29 Å². The number of carbonyl (C=O) groups excluding carboxylic acids is 1. The number of ether oxygens (including phenoxy) is 4. The third kappa shape index (κ3) is 4.09. The van der Waals surface area contributed by atoms with Gasteiger partial charge < -0.3 is 39.4 Å². The van der Waals surface area contributed by atoms with Crippen molar-refractivity contribution in [1.82, 2.24) is 0 Å². The Balaban J connectivity index is 1.18. The molecule has 4 aliphatic carbocycles. The normalized spacial score (nSPS) is 55.3. The minimum atomic E-state index is -1.08. The molecule has 6 rings (SSSR count). The van der Waals surface area contributed by atoms with Crippen molar-refractivity contribution in [2.24, 2.45) is 34.5 Å². The number of esters is 1. The summed E-state index contributed by atoms with van der Waals surface area (Å²) in [6.07, 6.45) is 3.05. The first-order valence-electron chi connectivity index (χ1n) is 14.9. The van der Waals surface area contributed by atoms with Crippen LogP contribution in [0.25, 0.3) is 0 Å². The van der Waals surface area contributed by atoms with E-state index in [9.17, 15) is 25.2 Å². The van der Waals surface area contributed by atoms with E-state index in [0.29, 0.717) is 25.4 Å². The van der Waals surface area contributed by atoms with E-state index in [1.54, 1.807) is 13.0 Å². The van der Waals surface area contributed by atoms with Crippen LogP contribution in [0.15, 0.2) is 11.6 Å². The predicted octanol–water partition coefficient (Wildman–Crippen LogP) is 2.08. The molecule has 4 saturated carbocycles. The van der Waals surface area contributed by atoms with Crippen LogP contribution in [0.4, 0.5) is 0 Å². The van der Waals surface area contributed by atoms with Crippen LogP contribution >= 0.6 is 0 Å². The number of hydrogen-bond acceptors (Lipinski definition) is 9. The van der Waals surface area contributed by atoms with Crippen LogP contribution in [0.3, 0.4) is 0 Å². The van der Waals surface area contributed by atoms with Gasteiger partial charge in [0.2, 0.25) is 0 Å². The van der Waals surface area contributed by atoms with Crippen molar-refractivity contribution >= 4 is 5.97 Å². The number of fused-ring (bicyclic) bond motifs is 5. The Kier molecular flexibility index (Phi) is 7.02.